The van der Waals surface area contributed by atoms with Gasteiger partial charge in [-0.2, -0.15) is 0 Å². The van der Waals surface area contributed by atoms with Gasteiger partial charge in [0.15, 0.2) is 34.5 Å². The van der Waals surface area contributed by atoms with Crippen LogP contribution in [0.3, 0.4) is 0 Å². The minimum Gasteiger partial charge on any atom is -0.504 e. The van der Waals surface area contributed by atoms with E-state index in [-0.39, 0.29) is 11.1 Å². The van der Waals surface area contributed by atoms with Crippen LogP contribution in [0.25, 0.3) is 11.1 Å². The van der Waals surface area contributed by atoms with Gasteiger partial charge in [-0.1, -0.05) is 0 Å². The molecule has 2 rings (SSSR count). The lowest BCUT2D eigenvalue weighted by Gasteiger charge is -2.18. The van der Waals surface area contributed by atoms with E-state index in [9.17, 15) is 40.9 Å². The molecule has 22 heavy (non-hydrogen) atoms. The Morgan fingerprint density at radius 3 is 1.14 bits per heavy atom. The minimum atomic E-state index is -1.09. The topological polar surface area (TPSA) is 162 Å². The Hall–Kier alpha value is -3.16. The SMILES string of the molecule is Cc1c(O)c(O)c(-c2c(C)c(O)c(O)c(O)c2O)c(O)c1O. The molecule has 2 aromatic rings. The summed E-state index contributed by atoms with van der Waals surface area (Å²) in [5, 5.41) is 78.1. The lowest BCUT2D eigenvalue weighted by molar-refractivity contribution is 0.344. The first kappa shape index (κ1) is 15.2. The third kappa shape index (κ3) is 1.77. The Labute approximate surface area is 124 Å². The predicted molar refractivity (Wildman–Crippen MR) is 74.7 cm³/mol. The van der Waals surface area contributed by atoms with E-state index in [0.717, 1.165) is 0 Å². The van der Waals surface area contributed by atoms with Crippen LogP contribution in [0.1, 0.15) is 11.1 Å². The molecular weight excluding hydrogens is 296 g/mol. The lowest BCUT2D eigenvalue weighted by Crippen LogP contribution is -1.91. The van der Waals surface area contributed by atoms with Crippen molar-refractivity contribution in [2.24, 2.45) is 0 Å². The quantitative estimate of drug-likeness (QED) is 0.291. The second kappa shape index (κ2) is 4.69. The van der Waals surface area contributed by atoms with Gasteiger partial charge in [0.1, 0.15) is 0 Å². The highest BCUT2D eigenvalue weighted by atomic mass is 16.3. The Kier molecular flexibility index (Phi) is 3.25. The molecule has 0 saturated heterocycles. The van der Waals surface area contributed by atoms with Crippen molar-refractivity contribution >= 4 is 0 Å². The molecule has 0 unspecified atom stereocenters. The summed E-state index contributed by atoms with van der Waals surface area (Å²) < 4.78 is 0. The summed E-state index contributed by atoms with van der Waals surface area (Å²) in [4.78, 5) is 0. The van der Waals surface area contributed by atoms with E-state index in [1.54, 1.807) is 0 Å². The fraction of sp³-hybridized carbons (Fsp3) is 0.143. The van der Waals surface area contributed by atoms with Gasteiger partial charge in [0.2, 0.25) is 11.5 Å². The van der Waals surface area contributed by atoms with Crippen LogP contribution in [0.4, 0.5) is 0 Å². The first-order chi connectivity index (χ1) is 10.1. The van der Waals surface area contributed by atoms with Crippen molar-refractivity contribution in [1.29, 1.82) is 0 Å². The second-order valence-electron chi connectivity index (χ2n) is 4.79. The maximum absolute atomic E-state index is 9.98. The standard InChI is InChI=1S/C14H14O8/c1-3-5(10(18)14(22)13(21)7(3)15)6-11(19)8(16)4(2)9(17)12(6)20/h15-22H,1-2H3. The Bertz CT molecular complexity index is 669. The van der Waals surface area contributed by atoms with Crippen molar-refractivity contribution in [2.75, 3.05) is 0 Å². The van der Waals surface area contributed by atoms with Crippen molar-refractivity contribution < 1.29 is 40.9 Å². The van der Waals surface area contributed by atoms with Crippen LogP contribution in [-0.4, -0.2) is 40.9 Å². The van der Waals surface area contributed by atoms with E-state index in [2.05, 4.69) is 0 Å². The molecule has 0 aliphatic heterocycles. The molecule has 0 amide bonds. The van der Waals surface area contributed by atoms with Crippen molar-refractivity contribution in [1.82, 2.24) is 0 Å². The maximum Gasteiger partial charge on any atom is 0.204 e. The molecule has 8 heteroatoms. The molecule has 0 aromatic heterocycles. The highest BCUT2D eigenvalue weighted by molar-refractivity contribution is 5.91. The minimum absolute atomic E-state index is 0.205. The molecule has 0 saturated carbocycles. The first-order valence-electron chi connectivity index (χ1n) is 6.04. The fourth-order valence-electron chi connectivity index (χ4n) is 2.18. The van der Waals surface area contributed by atoms with E-state index < -0.39 is 57.1 Å². The van der Waals surface area contributed by atoms with E-state index in [0.29, 0.717) is 0 Å². The van der Waals surface area contributed by atoms with Gasteiger partial charge in [0, 0.05) is 16.7 Å². The van der Waals surface area contributed by atoms with Crippen molar-refractivity contribution in [2.45, 2.75) is 13.8 Å². The molecule has 118 valence electrons. The van der Waals surface area contributed by atoms with Crippen molar-refractivity contribution in [3.05, 3.63) is 11.1 Å². The molecule has 8 nitrogen and oxygen atoms in total. The predicted octanol–water partition coefficient (Wildman–Crippen LogP) is 1.62. The smallest absolute Gasteiger partial charge is 0.204 e. The van der Waals surface area contributed by atoms with Gasteiger partial charge in [0.05, 0.1) is 5.56 Å². The van der Waals surface area contributed by atoms with Crippen LogP contribution < -0.4 is 0 Å². The zero-order chi connectivity index (χ0) is 16.9. The van der Waals surface area contributed by atoms with Crippen LogP contribution in [-0.2, 0) is 0 Å². The van der Waals surface area contributed by atoms with Crippen LogP contribution in [0.2, 0.25) is 0 Å². The molecule has 0 aliphatic carbocycles. The molecule has 2 aromatic carbocycles. The largest absolute Gasteiger partial charge is 0.504 e. The molecule has 0 radical (unpaired) electrons. The molecular formula is C14H14O8. The normalized spacial score (nSPS) is 10.8. The third-order valence-electron chi connectivity index (χ3n) is 3.52. The lowest BCUT2D eigenvalue weighted by atomic mass is 9.93. The van der Waals surface area contributed by atoms with Crippen molar-refractivity contribution in [3.8, 4) is 57.1 Å². The summed E-state index contributed by atoms with van der Waals surface area (Å²) in [6, 6.07) is 0. The molecule has 0 spiro atoms. The Morgan fingerprint density at radius 2 is 0.682 bits per heavy atom. The average Bonchev–Trinajstić information content (AvgIpc) is 2.50. The number of benzene rings is 2. The van der Waals surface area contributed by atoms with Crippen LogP contribution in [0.5, 0.6) is 46.0 Å². The second-order valence-corrected chi connectivity index (χ2v) is 4.79. The number of rotatable bonds is 1. The van der Waals surface area contributed by atoms with Gasteiger partial charge in [-0.25, -0.2) is 0 Å². The maximum atomic E-state index is 9.98. The zero-order valence-electron chi connectivity index (χ0n) is 11.6. The number of phenols is 8. The van der Waals surface area contributed by atoms with Gasteiger partial charge >= 0.3 is 0 Å². The van der Waals surface area contributed by atoms with E-state index in [1.807, 2.05) is 0 Å². The monoisotopic (exact) mass is 310 g/mol. The summed E-state index contributed by atoms with van der Waals surface area (Å²) >= 11 is 0. The van der Waals surface area contributed by atoms with E-state index >= 15 is 0 Å². The fourth-order valence-corrected chi connectivity index (χ4v) is 2.18. The highest BCUT2D eigenvalue weighted by Gasteiger charge is 2.29. The van der Waals surface area contributed by atoms with Gasteiger partial charge in [-0.05, 0) is 13.8 Å². The summed E-state index contributed by atoms with van der Waals surface area (Å²) in [7, 11) is 0. The van der Waals surface area contributed by atoms with Gasteiger partial charge in [-0.15, -0.1) is 0 Å². The molecule has 0 fully saturated rings. The van der Waals surface area contributed by atoms with Gasteiger partial charge in [0.25, 0.3) is 0 Å². The zero-order valence-corrected chi connectivity index (χ0v) is 11.6. The molecule has 8 N–H and O–H groups in total. The molecule has 0 bridgehead atoms. The summed E-state index contributed by atoms with van der Waals surface area (Å²) in [5.74, 6) is -7.10. The Balaban J connectivity index is 3.03. The molecule has 0 heterocycles. The van der Waals surface area contributed by atoms with Gasteiger partial charge in [-0.3, -0.25) is 0 Å². The summed E-state index contributed by atoms with van der Waals surface area (Å²) in [6.45, 7) is 2.45. The molecule has 0 atom stereocenters. The number of hydrogen-bond acceptors (Lipinski definition) is 8. The van der Waals surface area contributed by atoms with E-state index in [1.165, 1.54) is 13.8 Å². The van der Waals surface area contributed by atoms with Crippen molar-refractivity contribution in [3.63, 3.8) is 0 Å². The van der Waals surface area contributed by atoms with Gasteiger partial charge < -0.3 is 40.9 Å². The first-order valence-corrected chi connectivity index (χ1v) is 6.04. The third-order valence-corrected chi connectivity index (χ3v) is 3.52. The summed E-state index contributed by atoms with van der Waals surface area (Å²) in [5.41, 5.74) is -1.49. The van der Waals surface area contributed by atoms with Crippen LogP contribution >= 0.6 is 0 Å². The molecule has 0 aliphatic rings. The average molecular weight is 310 g/mol. The van der Waals surface area contributed by atoms with E-state index in [4.69, 9.17) is 0 Å². The number of phenolic OH excluding ortho intramolecular Hbond substituents is 8. The number of aromatic hydroxyl groups is 8. The summed E-state index contributed by atoms with van der Waals surface area (Å²) in [6.07, 6.45) is 0. The number of hydrogen-bond donors (Lipinski definition) is 8. The van der Waals surface area contributed by atoms with Crippen LogP contribution in [0.15, 0.2) is 0 Å². The Morgan fingerprint density at radius 1 is 0.364 bits per heavy atom. The highest BCUT2D eigenvalue weighted by Crippen LogP contribution is 2.58. The van der Waals surface area contributed by atoms with Crippen LogP contribution in [0, 0.1) is 13.8 Å².